The van der Waals surface area contributed by atoms with Gasteiger partial charge in [0, 0.05) is 6.42 Å². The molecule has 1 atom stereocenters. The molecule has 0 saturated heterocycles. The molecule has 0 saturated carbocycles. The molecule has 5 rings (SSSR count). The van der Waals surface area contributed by atoms with Gasteiger partial charge >= 0.3 is 5.97 Å². The van der Waals surface area contributed by atoms with Gasteiger partial charge in [-0.05, 0) is 33.4 Å². The lowest BCUT2D eigenvalue weighted by Gasteiger charge is -2.35. The van der Waals surface area contributed by atoms with E-state index in [1.807, 2.05) is 146 Å². The van der Waals surface area contributed by atoms with Gasteiger partial charge in [-0.1, -0.05) is 146 Å². The van der Waals surface area contributed by atoms with Gasteiger partial charge in [0.25, 0.3) is 0 Å². The molecule has 2 N–H and O–H groups in total. The number of amides is 1. The summed E-state index contributed by atoms with van der Waals surface area (Å²) in [5, 5.41) is 13.1. The van der Waals surface area contributed by atoms with Crippen molar-refractivity contribution in [3.8, 4) is 11.1 Å². The van der Waals surface area contributed by atoms with E-state index in [2.05, 4.69) is 5.32 Å². The van der Waals surface area contributed by atoms with E-state index >= 15 is 0 Å². The Hall–Kier alpha value is -4.96. The highest BCUT2D eigenvalue weighted by Gasteiger charge is 2.45. The summed E-state index contributed by atoms with van der Waals surface area (Å²) in [5.74, 6) is -1.47. The molecule has 0 radical (unpaired) electrons. The van der Waals surface area contributed by atoms with Crippen LogP contribution in [0.2, 0.25) is 0 Å². The van der Waals surface area contributed by atoms with Crippen molar-refractivity contribution in [2.24, 2.45) is 0 Å². The summed E-state index contributed by atoms with van der Waals surface area (Å²) >= 11 is 0. The van der Waals surface area contributed by atoms with Crippen molar-refractivity contribution in [3.63, 3.8) is 0 Å². The third kappa shape index (κ3) is 5.36. The molecule has 192 valence electrons. The molecule has 4 nitrogen and oxygen atoms in total. The van der Waals surface area contributed by atoms with Crippen molar-refractivity contribution in [2.45, 2.75) is 17.9 Å². The monoisotopic (exact) mass is 511 g/mol. The Morgan fingerprint density at radius 3 is 1.36 bits per heavy atom. The van der Waals surface area contributed by atoms with E-state index in [0.717, 1.165) is 33.4 Å². The predicted molar refractivity (Wildman–Crippen MR) is 154 cm³/mol. The van der Waals surface area contributed by atoms with Crippen LogP contribution in [0.3, 0.4) is 0 Å². The van der Waals surface area contributed by atoms with Crippen LogP contribution in [0.4, 0.5) is 0 Å². The minimum absolute atomic E-state index is 0.157. The Labute approximate surface area is 228 Å². The highest BCUT2D eigenvalue weighted by atomic mass is 16.4. The second-order valence-corrected chi connectivity index (χ2v) is 9.48. The van der Waals surface area contributed by atoms with Gasteiger partial charge in [0.15, 0.2) is 0 Å². The number of carboxylic acid groups (broad SMARTS) is 1. The Kier molecular flexibility index (Phi) is 7.65. The Balaban J connectivity index is 1.52. The fourth-order valence-electron chi connectivity index (χ4n) is 5.12. The van der Waals surface area contributed by atoms with E-state index in [4.69, 9.17) is 0 Å². The largest absolute Gasteiger partial charge is 0.480 e. The van der Waals surface area contributed by atoms with Crippen LogP contribution in [0, 0.1) is 0 Å². The van der Waals surface area contributed by atoms with Crippen molar-refractivity contribution in [2.75, 3.05) is 0 Å². The molecule has 0 unspecified atom stereocenters. The molecule has 0 spiro atoms. The molecule has 0 aliphatic carbocycles. The molecule has 0 fully saturated rings. The van der Waals surface area contributed by atoms with Crippen molar-refractivity contribution in [1.29, 1.82) is 0 Å². The van der Waals surface area contributed by atoms with Crippen molar-refractivity contribution >= 4 is 11.9 Å². The molecule has 0 aromatic heterocycles. The van der Waals surface area contributed by atoms with E-state index in [1.54, 1.807) is 0 Å². The molecule has 1 amide bonds. The third-order valence-electron chi connectivity index (χ3n) is 7.07. The first-order valence-corrected chi connectivity index (χ1v) is 12.9. The first kappa shape index (κ1) is 25.7. The number of nitrogens with one attached hydrogen (secondary N) is 1. The normalized spacial score (nSPS) is 11.9. The van der Waals surface area contributed by atoms with Crippen LogP contribution >= 0.6 is 0 Å². The highest BCUT2D eigenvalue weighted by molar-refractivity contribution is 5.98. The highest BCUT2D eigenvalue weighted by Crippen LogP contribution is 2.39. The van der Waals surface area contributed by atoms with E-state index in [1.165, 1.54) is 0 Å². The number of carbonyl (C=O) groups excluding carboxylic acids is 1. The summed E-state index contributed by atoms with van der Waals surface area (Å²) < 4.78 is 0. The zero-order chi connectivity index (χ0) is 27.1. The predicted octanol–water partition coefficient (Wildman–Crippen LogP) is 6.50. The number of aliphatic carboxylic acids is 1. The first-order valence-electron chi connectivity index (χ1n) is 12.9. The van der Waals surface area contributed by atoms with Gasteiger partial charge in [0.1, 0.15) is 11.5 Å². The molecule has 0 heterocycles. The van der Waals surface area contributed by atoms with Crippen LogP contribution < -0.4 is 5.32 Å². The SMILES string of the molecule is O=C(O)[C@@H](Cc1ccc(-c2ccccc2)cc1)NC(=O)C(c1ccccc1)(c1ccccc1)c1ccccc1. The van der Waals surface area contributed by atoms with Crippen LogP contribution in [0.15, 0.2) is 146 Å². The number of hydrogen-bond acceptors (Lipinski definition) is 2. The maximum absolute atomic E-state index is 14.4. The Bertz CT molecular complexity index is 1420. The van der Waals surface area contributed by atoms with Gasteiger partial charge in [-0.2, -0.15) is 0 Å². The van der Waals surface area contributed by atoms with Gasteiger partial charge < -0.3 is 10.4 Å². The summed E-state index contributed by atoms with van der Waals surface area (Å²) in [5.41, 5.74) is 4.00. The van der Waals surface area contributed by atoms with E-state index in [-0.39, 0.29) is 12.3 Å². The maximum Gasteiger partial charge on any atom is 0.326 e. The third-order valence-corrected chi connectivity index (χ3v) is 7.07. The maximum atomic E-state index is 14.4. The summed E-state index contributed by atoms with van der Waals surface area (Å²) in [6.07, 6.45) is 0.157. The van der Waals surface area contributed by atoms with Crippen LogP contribution in [-0.4, -0.2) is 23.0 Å². The molecule has 5 aromatic carbocycles. The standard InChI is InChI=1S/C35H29NO3/c37-33(38)32(25-26-21-23-28(24-22-26)27-13-5-1-6-14-27)36-34(39)35(29-15-7-2-8-16-29,30-17-9-3-10-18-30)31-19-11-4-12-20-31/h1-24,32H,25H2,(H,36,39)(H,37,38)/t32-/m1/s1. The van der Waals surface area contributed by atoms with Crippen LogP contribution in [0.25, 0.3) is 11.1 Å². The summed E-state index contributed by atoms with van der Waals surface area (Å²) in [4.78, 5) is 26.9. The van der Waals surface area contributed by atoms with Crippen molar-refractivity contribution < 1.29 is 14.7 Å². The molecular formula is C35H29NO3. The number of hydrogen-bond donors (Lipinski definition) is 2. The fourth-order valence-corrected chi connectivity index (χ4v) is 5.12. The van der Waals surface area contributed by atoms with Gasteiger partial charge in [0.05, 0.1) is 0 Å². The number of carbonyl (C=O) groups is 2. The molecule has 0 aliphatic rings. The lowest BCUT2D eigenvalue weighted by Crippen LogP contribution is -2.52. The number of rotatable bonds is 9. The van der Waals surface area contributed by atoms with Gasteiger partial charge in [0.2, 0.25) is 5.91 Å². The molecular weight excluding hydrogens is 482 g/mol. The minimum Gasteiger partial charge on any atom is -0.480 e. The van der Waals surface area contributed by atoms with E-state index < -0.39 is 17.4 Å². The van der Waals surface area contributed by atoms with Crippen LogP contribution in [-0.2, 0) is 21.4 Å². The van der Waals surface area contributed by atoms with E-state index in [9.17, 15) is 14.7 Å². The van der Waals surface area contributed by atoms with Gasteiger partial charge in [-0.15, -0.1) is 0 Å². The smallest absolute Gasteiger partial charge is 0.326 e. The Morgan fingerprint density at radius 1 is 0.564 bits per heavy atom. The quantitative estimate of drug-likeness (QED) is 0.222. The number of carboxylic acids is 1. The lowest BCUT2D eigenvalue weighted by molar-refractivity contribution is -0.142. The van der Waals surface area contributed by atoms with Crippen molar-refractivity contribution in [1.82, 2.24) is 5.32 Å². The van der Waals surface area contributed by atoms with Gasteiger partial charge in [-0.25, -0.2) is 4.79 Å². The average Bonchev–Trinajstić information content (AvgIpc) is 3.00. The topological polar surface area (TPSA) is 66.4 Å². The first-order chi connectivity index (χ1) is 19.1. The van der Waals surface area contributed by atoms with E-state index in [0.29, 0.717) is 0 Å². The fraction of sp³-hybridized carbons (Fsp3) is 0.0857. The van der Waals surface area contributed by atoms with Gasteiger partial charge in [-0.3, -0.25) is 4.79 Å². The second kappa shape index (κ2) is 11.6. The Morgan fingerprint density at radius 2 is 0.949 bits per heavy atom. The van der Waals surface area contributed by atoms with Crippen LogP contribution in [0.5, 0.6) is 0 Å². The molecule has 0 aliphatic heterocycles. The summed E-state index contributed by atoms with van der Waals surface area (Å²) in [7, 11) is 0. The molecule has 0 bridgehead atoms. The van der Waals surface area contributed by atoms with Crippen molar-refractivity contribution in [3.05, 3.63) is 168 Å². The molecule has 39 heavy (non-hydrogen) atoms. The van der Waals surface area contributed by atoms with Crippen LogP contribution in [0.1, 0.15) is 22.3 Å². The zero-order valence-corrected chi connectivity index (χ0v) is 21.4. The lowest BCUT2D eigenvalue weighted by atomic mass is 9.68. The zero-order valence-electron chi connectivity index (χ0n) is 21.4. The second-order valence-electron chi connectivity index (χ2n) is 9.48. The minimum atomic E-state index is -1.24. The molecule has 5 aromatic rings. The number of benzene rings is 5. The summed E-state index contributed by atoms with van der Waals surface area (Å²) in [6, 6.07) is 45.3. The average molecular weight is 512 g/mol. The summed E-state index contributed by atoms with van der Waals surface area (Å²) in [6.45, 7) is 0. The molecule has 4 heteroatoms.